The van der Waals surface area contributed by atoms with Gasteiger partial charge in [0.1, 0.15) is 39.6 Å². The average molecular weight is 988 g/mol. The number of thiol groups is 5. The Morgan fingerprint density at radius 1 is 0.483 bits per heavy atom. The highest BCUT2D eigenvalue weighted by Gasteiger charge is 2.41. The predicted molar refractivity (Wildman–Crippen MR) is 240 cm³/mol. The average Bonchev–Trinajstić information content (AvgIpc) is 3.22. The van der Waals surface area contributed by atoms with Crippen LogP contribution in [0.1, 0.15) is 44.9 Å². The van der Waals surface area contributed by atoms with Crippen molar-refractivity contribution in [3.8, 4) is 0 Å². The van der Waals surface area contributed by atoms with Crippen molar-refractivity contribution in [1.29, 1.82) is 0 Å². The first-order valence-electron chi connectivity index (χ1n) is 18.8. The molecule has 0 aromatic rings. The van der Waals surface area contributed by atoms with Crippen molar-refractivity contribution in [2.24, 2.45) is 10.8 Å². The largest absolute Gasteiger partial charge is 0.500 e. The summed E-state index contributed by atoms with van der Waals surface area (Å²) in [4.78, 5) is 87.9. The van der Waals surface area contributed by atoms with Crippen molar-refractivity contribution in [2.45, 2.75) is 51.0 Å². The van der Waals surface area contributed by atoms with Crippen LogP contribution in [0.5, 0.6) is 0 Å². The van der Waals surface area contributed by atoms with E-state index in [0.717, 1.165) is 11.8 Å². The highest BCUT2D eigenvalue weighted by molar-refractivity contribution is 8.13. The first kappa shape index (κ1) is 58.4. The number of carbonyl (C=O) groups is 7. The molecule has 0 aromatic carbocycles. The standard InChI is InChI=1S/C35H61NO17S6Si/c1-44-60(45-2,46-3)18-4-11-36-33(43)59-17-10-32(42)53-26-35(24-51-30(40)8-15-57,25-52-31(41)9-16-58)20-47-19-34(21-48-27(37)5-12-54,22-49-28(38)6-13-55)23-50-29(39)7-14-56/h54-58H,4-26H2,1-3H3,(H,36,43). The summed E-state index contributed by atoms with van der Waals surface area (Å²) in [5, 5.41) is 2.37. The molecule has 0 aliphatic carbocycles. The van der Waals surface area contributed by atoms with E-state index >= 15 is 0 Å². The fourth-order valence-corrected chi connectivity index (χ4v) is 7.90. The second kappa shape index (κ2) is 34.9. The number of nitrogens with one attached hydrogen (secondary N) is 1. The van der Waals surface area contributed by atoms with Crippen molar-refractivity contribution in [3.05, 3.63) is 0 Å². The SMILES string of the molecule is CO[Si](CCCNC(=O)SCCC(=O)OCC(COCC(COC(=O)CCS)(COC(=O)CCS)COC(=O)CCS)(COC(=O)CCS)COC(=O)CCS)(OC)OC. The predicted octanol–water partition coefficient (Wildman–Crippen LogP) is 2.94. The molecule has 0 rings (SSSR count). The summed E-state index contributed by atoms with van der Waals surface area (Å²) in [7, 11) is 1.70. The highest BCUT2D eigenvalue weighted by Crippen LogP contribution is 2.27. The van der Waals surface area contributed by atoms with Gasteiger partial charge < -0.3 is 51.8 Å². The van der Waals surface area contributed by atoms with Crippen molar-refractivity contribution < 1.29 is 80.0 Å². The first-order valence-corrected chi connectivity index (χ1v) is 24.9. The van der Waals surface area contributed by atoms with Crippen LogP contribution in [0.4, 0.5) is 4.79 Å². The maximum absolute atomic E-state index is 13.0. The number of esters is 6. The van der Waals surface area contributed by atoms with Gasteiger partial charge in [0, 0.05) is 68.4 Å². The lowest BCUT2D eigenvalue weighted by Gasteiger charge is -2.35. The Kier molecular flexibility index (Phi) is 34.0. The molecule has 1 N–H and O–H groups in total. The summed E-state index contributed by atoms with van der Waals surface area (Å²) in [5.41, 5.74) is -3.00. The van der Waals surface area contributed by atoms with Gasteiger partial charge >= 0.3 is 44.6 Å². The van der Waals surface area contributed by atoms with Crippen molar-refractivity contribution in [1.82, 2.24) is 5.32 Å². The molecule has 0 unspecified atom stereocenters. The molecule has 0 bridgehead atoms. The summed E-state index contributed by atoms with van der Waals surface area (Å²) in [6, 6.07) is 0.478. The minimum atomic E-state index is -2.79. The quantitative estimate of drug-likeness (QED) is 0.0175. The smallest absolute Gasteiger partial charge is 0.465 e. The molecule has 25 heteroatoms. The maximum atomic E-state index is 13.0. The fourth-order valence-electron chi connectivity index (χ4n) is 4.60. The third-order valence-electron chi connectivity index (χ3n) is 8.03. The van der Waals surface area contributed by atoms with Gasteiger partial charge in [0.25, 0.3) is 5.24 Å². The van der Waals surface area contributed by atoms with E-state index in [1.54, 1.807) is 0 Å². The fraction of sp³-hybridized carbons (Fsp3) is 0.800. The summed E-state index contributed by atoms with van der Waals surface area (Å²) >= 11 is 21.2. The van der Waals surface area contributed by atoms with Crippen LogP contribution in [-0.2, 0) is 75.2 Å². The number of thioether (sulfide) groups is 1. The van der Waals surface area contributed by atoms with E-state index in [2.05, 4.69) is 68.5 Å². The number of hydrogen-bond acceptors (Lipinski definition) is 23. The van der Waals surface area contributed by atoms with E-state index < -0.39 is 108 Å². The molecule has 0 fully saturated rings. The first-order chi connectivity index (χ1) is 28.7. The lowest BCUT2D eigenvalue weighted by Crippen LogP contribution is -2.47. The highest BCUT2D eigenvalue weighted by atomic mass is 32.2. The number of carbonyl (C=O) groups excluding carboxylic acids is 7. The van der Waals surface area contributed by atoms with Crippen LogP contribution in [-0.4, -0.2) is 165 Å². The molecule has 0 spiro atoms. The molecule has 0 aromatic heterocycles. The van der Waals surface area contributed by atoms with Gasteiger partial charge in [0.05, 0.1) is 62.6 Å². The third kappa shape index (κ3) is 26.8. The number of hydrogen-bond donors (Lipinski definition) is 6. The Morgan fingerprint density at radius 3 is 1.07 bits per heavy atom. The normalized spacial score (nSPS) is 11.7. The molecule has 0 saturated heterocycles. The van der Waals surface area contributed by atoms with Gasteiger partial charge in [-0.05, 0) is 6.42 Å². The Hall–Kier alpha value is -1.55. The summed E-state index contributed by atoms with van der Waals surface area (Å²) < 4.78 is 55.3. The van der Waals surface area contributed by atoms with Crippen LogP contribution >= 0.6 is 74.9 Å². The van der Waals surface area contributed by atoms with Crippen LogP contribution < -0.4 is 5.32 Å². The number of rotatable bonds is 36. The summed E-state index contributed by atoms with van der Waals surface area (Å²) in [5.74, 6) is -2.98. The summed E-state index contributed by atoms with van der Waals surface area (Å²) in [6.07, 6.45) is 0.0510. The van der Waals surface area contributed by atoms with Crippen molar-refractivity contribution in [3.63, 3.8) is 0 Å². The monoisotopic (exact) mass is 987 g/mol. The molecule has 0 heterocycles. The van der Waals surface area contributed by atoms with E-state index in [0.29, 0.717) is 19.0 Å². The topological polar surface area (TPSA) is 224 Å². The molecular formula is C35H61NO17S6Si. The van der Waals surface area contributed by atoms with E-state index in [1.165, 1.54) is 21.3 Å². The van der Waals surface area contributed by atoms with E-state index in [1.807, 2.05) is 0 Å². The zero-order valence-corrected chi connectivity index (χ0v) is 40.6. The molecule has 0 saturated carbocycles. The van der Waals surface area contributed by atoms with E-state index in [-0.39, 0.29) is 78.3 Å². The van der Waals surface area contributed by atoms with Gasteiger partial charge in [-0.2, -0.15) is 63.1 Å². The minimum Gasteiger partial charge on any atom is -0.465 e. The van der Waals surface area contributed by atoms with E-state index in [4.69, 9.17) is 46.4 Å². The Morgan fingerprint density at radius 2 is 0.783 bits per heavy atom. The van der Waals surface area contributed by atoms with Gasteiger partial charge in [-0.15, -0.1) is 0 Å². The molecule has 60 heavy (non-hydrogen) atoms. The molecule has 0 atom stereocenters. The van der Waals surface area contributed by atoms with Crippen molar-refractivity contribution >= 4 is 125 Å². The Bertz CT molecular complexity index is 1210. The molecular weight excluding hydrogens is 927 g/mol. The minimum absolute atomic E-state index is 0.0492. The van der Waals surface area contributed by atoms with E-state index in [9.17, 15) is 33.6 Å². The lowest BCUT2D eigenvalue weighted by atomic mass is 9.90. The second-order valence-electron chi connectivity index (χ2n) is 13.0. The van der Waals surface area contributed by atoms with Crippen molar-refractivity contribution in [2.75, 3.05) is 115 Å². The van der Waals surface area contributed by atoms with Gasteiger partial charge in [-0.3, -0.25) is 33.6 Å². The Balaban J connectivity index is 6.28. The molecule has 348 valence electrons. The van der Waals surface area contributed by atoms with Crippen LogP contribution in [0.2, 0.25) is 6.04 Å². The maximum Gasteiger partial charge on any atom is 0.500 e. The number of ether oxygens (including phenoxy) is 7. The molecule has 18 nitrogen and oxygen atoms in total. The molecule has 0 aliphatic rings. The number of amides is 1. The van der Waals surface area contributed by atoms with Gasteiger partial charge in [-0.1, -0.05) is 11.8 Å². The zero-order valence-electron chi connectivity index (χ0n) is 34.3. The van der Waals surface area contributed by atoms with Crippen LogP contribution in [0, 0.1) is 10.8 Å². The van der Waals surface area contributed by atoms with Gasteiger partial charge in [0.2, 0.25) is 0 Å². The second-order valence-corrected chi connectivity index (χ2v) is 19.4. The van der Waals surface area contributed by atoms with Crippen LogP contribution in [0.3, 0.4) is 0 Å². The molecule has 0 radical (unpaired) electrons. The summed E-state index contributed by atoms with van der Waals surface area (Å²) in [6.45, 7) is -3.21. The Labute approximate surface area is 385 Å². The van der Waals surface area contributed by atoms with Gasteiger partial charge in [0.15, 0.2) is 0 Å². The third-order valence-corrected chi connectivity index (χ3v) is 12.8. The van der Waals surface area contributed by atoms with Gasteiger partial charge in [-0.25, -0.2) is 0 Å². The molecule has 0 aliphatic heterocycles. The molecule has 1 amide bonds. The lowest BCUT2D eigenvalue weighted by molar-refractivity contribution is -0.174. The van der Waals surface area contributed by atoms with Crippen LogP contribution in [0.25, 0.3) is 0 Å². The zero-order chi connectivity index (χ0) is 45.3. The van der Waals surface area contributed by atoms with Crippen LogP contribution in [0.15, 0.2) is 0 Å².